The second-order valence-corrected chi connectivity index (χ2v) is 8.79. The summed E-state index contributed by atoms with van der Waals surface area (Å²) >= 11 is 0. The summed E-state index contributed by atoms with van der Waals surface area (Å²) in [4.78, 5) is 26.9. The zero-order valence-electron chi connectivity index (χ0n) is 18.8. The van der Waals surface area contributed by atoms with E-state index in [0.29, 0.717) is 22.8 Å². The number of hydrogen-bond donors (Lipinski definition) is 2. The van der Waals surface area contributed by atoms with Gasteiger partial charge in [-0.2, -0.15) is 4.98 Å². The highest BCUT2D eigenvalue weighted by molar-refractivity contribution is 5.77. The average Bonchev–Trinajstić information content (AvgIpc) is 3.37. The van der Waals surface area contributed by atoms with E-state index in [9.17, 15) is 4.79 Å². The smallest absolute Gasteiger partial charge is 0.278 e. The van der Waals surface area contributed by atoms with E-state index in [-0.39, 0.29) is 17.6 Å². The standard InChI is InChI=1S/C23H28N8O/c1-14(2)29-12-20(26-13-29)31-21-19(22(32)30(31)15(3)4)11-25-23(28-21)27-18-6-5-17-10-24-8-7-16(17)9-18/h5-6,9,11-15,24H,7-8,10H2,1-4H3,(H,25,27,28). The first-order chi connectivity index (χ1) is 15.4. The highest BCUT2D eigenvalue weighted by atomic mass is 16.1. The molecule has 2 N–H and O–H groups in total. The van der Waals surface area contributed by atoms with E-state index in [1.807, 2.05) is 30.7 Å². The third kappa shape index (κ3) is 3.48. The molecule has 4 heterocycles. The maximum absolute atomic E-state index is 13.1. The molecule has 9 nitrogen and oxygen atoms in total. The quantitative estimate of drug-likeness (QED) is 0.502. The van der Waals surface area contributed by atoms with Crippen molar-refractivity contribution in [2.75, 3.05) is 11.9 Å². The van der Waals surface area contributed by atoms with Gasteiger partial charge in [-0.25, -0.2) is 19.3 Å². The van der Waals surface area contributed by atoms with Crippen LogP contribution in [0.25, 0.3) is 16.9 Å². The third-order valence-electron chi connectivity index (χ3n) is 5.86. The molecule has 3 aromatic heterocycles. The molecule has 1 aliphatic rings. The van der Waals surface area contributed by atoms with Crippen LogP contribution in [0.5, 0.6) is 0 Å². The Bertz CT molecular complexity index is 1340. The van der Waals surface area contributed by atoms with E-state index in [1.54, 1.807) is 21.9 Å². The Morgan fingerprint density at radius 2 is 1.94 bits per heavy atom. The summed E-state index contributed by atoms with van der Waals surface area (Å²) in [7, 11) is 0. The number of aromatic nitrogens is 6. The summed E-state index contributed by atoms with van der Waals surface area (Å²) in [6, 6.07) is 6.53. The first-order valence-corrected chi connectivity index (χ1v) is 11.1. The van der Waals surface area contributed by atoms with Crippen molar-refractivity contribution in [2.45, 2.75) is 52.7 Å². The van der Waals surface area contributed by atoms with Crippen LogP contribution in [-0.2, 0) is 13.0 Å². The molecule has 0 unspecified atom stereocenters. The number of rotatable bonds is 5. The fraction of sp³-hybridized carbons (Fsp3) is 0.391. The highest BCUT2D eigenvalue weighted by Gasteiger charge is 2.21. The van der Waals surface area contributed by atoms with Gasteiger partial charge >= 0.3 is 0 Å². The first kappa shape index (κ1) is 20.4. The van der Waals surface area contributed by atoms with Crippen LogP contribution in [0.3, 0.4) is 0 Å². The molecule has 0 fully saturated rings. The lowest BCUT2D eigenvalue weighted by atomic mass is 10.0. The van der Waals surface area contributed by atoms with Crippen LogP contribution in [0, 0.1) is 0 Å². The second kappa shape index (κ2) is 7.90. The lowest BCUT2D eigenvalue weighted by molar-refractivity contribution is 0.472. The summed E-state index contributed by atoms with van der Waals surface area (Å²) in [5, 5.41) is 7.18. The molecule has 9 heteroatoms. The predicted molar refractivity (Wildman–Crippen MR) is 125 cm³/mol. The van der Waals surface area contributed by atoms with Gasteiger partial charge in [0.15, 0.2) is 11.5 Å². The van der Waals surface area contributed by atoms with E-state index in [2.05, 4.69) is 46.6 Å². The molecule has 32 heavy (non-hydrogen) atoms. The Kier molecular flexibility index (Phi) is 5.05. The van der Waals surface area contributed by atoms with Gasteiger partial charge in [-0.3, -0.25) is 4.79 Å². The van der Waals surface area contributed by atoms with Gasteiger partial charge < -0.3 is 15.2 Å². The summed E-state index contributed by atoms with van der Waals surface area (Å²) in [5.74, 6) is 1.11. The summed E-state index contributed by atoms with van der Waals surface area (Å²) in [6.45, 7) is 10.0. The molecule has 1 aliphatic heterocycles. The molecule has 4 aromatic rings. The van der Waals surface area contributed by atoms with Gasteiger partial charge in [0.05, 0.1) is 12.5 Å². The van der Waals surface area contributed by atoms with Gasteiger partial charge in [0.2, 0.25) is 5.95 Å². The molecular formula is C23H28N8O. The molecule has 0 spiro atoms. The van der Waals surface area contributed by atoms with E-state index in [1.165, 1.54) is 11.1 Å². The van der Waals surface area contributed by atoms with Crippen molar-refractivity contribution >= 4 is 22.7 Å². The topological polar surface area (TPSA) is 94.6 Å². The molecule has 0 radical (unpaired) electrons. The molecule has 0 saturated carbocycles. The number of nitrogens with one attached hydrogen (secondary N) is 2. The van der Waals surface area contributed by atoms with E-state index >= 15 is 0 Å². The van der Waals surface area contributed by atoms with E-state index in [0.717, 1.165) is 25.2 Å². The monoisotopic (exact) mass is 432 g/mol. The lowest BCUT2D eigenvalue weighted by Crippen LogP contribution is -2.24. The molecule has 1 aromatic carbocycles. The normalized spacial score (nSPS) is 13.8. The first-order valence-electron chi connectivity index (χ1n) is 11.1. The van der Waals surface area contributed by atoms with Crippen LogP contribution in [-0.4, -0.2) is 35.4 Å². The average molecular weight is 433 g/mol. The van der Waals surface area contributed by atoms with Crippen LogP contribution >= 0.6 is 0 Å². The number of anilines is 2. The fourth-order valence-electron chi connectivity index (χ4n) is 4.15. The number of benzene rings is 1. The maximum Gasteiger partial charge on any atom is 0.278 e. The Morgan fingerprint density at radius 3 is 2.69 bits per heavy atom. The van der Waals surface area contributed by atoms with Crippen LogP contribution in [0.15, 0.2) is 41.7 Å². The van der Waals surface area contributed by atoms with Crippen molar-refractivity contribution in [3.8, 4) is 5.82 Å². The molecule has 0 saturated heterocycles. The summed E-state index contributed by atoms with van der Waals surface area (Å²) < 4.78 is 5.49. The largest absolute Gasteiger partial charge is 0.333 e. The van der Waals surface area contributed by atoms with Crippen LogP contribution < -0.4 is 16.2 Å². The minimum Gasteiger partial charge on any atom is -0.333 e. The number of imidazole rings is 1. The van der Waals surface area contributed by atoms with Gasteiger partial charge in [0.1, 0.15) is 5.39 Å². The molecule has 0 bridgehead atoms. The Labute approximate surface area is 186 Å². The predicted octanol–water partition coefficient (Wildman–Crippen LogP) is 3.33. The number of fused-ring (bicyclic) bond motifs is 2. The Morgan fingerprint density at radius 1 is 1.09 bits per heavy atom. The van der Waals surface area contributed by atoms with Gasteiger partial charge in [0, 0.05) is 30.5 Å². The van der Waals surface area contributed by atoms with Crippen molar-refractivity contribution in [1.82, 2.24) is 34.2 Å². The van der Waals surface area contributed by atoms with Gasteiger partial charge in [0.25, 0.3) is 5.56 Å². The molecule has 0 atom stereocenters. The molecular weight excluding hydrogens is 404 g/mol. The Hall–Kier alpha value is -3.46. The fourth-order valence-corrected chi connectivity index (χ4v) is 4.15. The van der Waals surface area contributed by atoms with E-state index < -0.39 is 0 Å². The van der Waals surface area contributed by atoms with Crippen molar-refractivity contribution in [3.05, 3.63) is 58.4 Å². The van der Waals surface area contributed by atoms with Crippen LogP contribution in [0.2, 0.25) is 0 Å². The zero-order valence-corrected chi connectivity index (χ0v) is 18.8. The lowest BCUT2D eigenvalue weighted by Gasteiger charge is -2.18. The van der Waals surface area contributed by atoms with Crippen LogP contribution in [0.4, 0.5) is 11.6 Å². The number of nitrogens with zero attached hydrogens (tertiary/aromatic N) is 6. The van der Waals surface area contributed by atoms with Gasteiger partial charge in [-0.15, -0.1) is 0 Å². The van der Waals surface area contributed by atoms with Crippen molar-refractivity contribution in [2.24, 2.45) is 0 Å². The summed E-state index contributed by atoms with van der Waals surface area (Å²) in [5.41, 5.74) is 4.00. The third-order valence-corrected chi connectivity index (χ3v) is 5.86. The molecule has 166 valence electrons. The minimum absolute atomic E-state index is 0.0634. The van der Waals surface area contributed by atoms with Gasteiger partial charge in [-0.05, 0) is 63.9 Å². The SMILES string of the molecule is CC(C)n1cnc(-n2c3nc(Nc4ccc5c(c4)CCNC5)ncc3c(=O)n2C(C)C)c1. The zero-order chi connectivity index (χ0) is 22.4. The van der Waals surface area contributed by atoms with Crippen molar-refractivity contribution < 1.29 is 0 Å². The maximum atomic E-state index is 13.1. The Balaban J connectivity index is 1.60. The van der Waals surface area contributed by atoms with E-state index in [4.69, 9.17) is 4.98 Å². The second-order valence-electron chi connectivity index (χ2n) is 8.79. The molecule has 0 amide bonds. The summed E-state index contributed by atoms with van der Waals surface area (Å²) in [6.07, 6.45) is 6.32. The van der Waals surface area contributed by atoms with Crippen molar-refractivity contribution in [3.63, 3.8) is 0 Å². The minimum atomic E-state index is -0.123. The molecule has 0 aliphatic carbocycles. The van der Waals surface area contributed by atoms with Crippen molar-refractivity contribution in [1.29, 1.82) is 0 Å². The highest BCUT2D eigenvalue weighted by Crippen LogP contribution is 2.23. The van der Waals surface area contributed by atoms with Crippen LogP contribution in [0.1, 0.15) is 50.9 Å². The molecule has 5 rings (SSSR count). The number of hydrogen-bond acceptors (Lipinski definition) is 6. The van der Waals surface area contributed by atoms with Gasteiger partial charge in [-0.1, -0.05) is 6.07 Å².